The molecule has 1 unspecified atom stereocenters. The maximum absolute atomic E-state index is 13.3. The molecule has 1 aliphatic rings. The highest BCUT2D eigenvalue weighted by Gasteiger charge is 2.23. The van der Waals surface area contributed by atoms with E-state index in [4.69, 9.17) is 11.6 Å². The molecule has 0 aliphatic heterocycles. The minimum atomic E-state index is -3.77. The summed E-state index contributed by atoms with van der Waals surface area (Å²) in [4.78, 5) is 12.7. The molecule has 5 rings (SSSR count). The van der Waals surface area contributed by atoms with Gasteiger partial charge in [0.15, 0.2) is 0 Å². The number of halogens is 1. The van der Waals surface area contributed by atoms with Gasteiger partial charge in [-0.25, -0.2) is 13.1 Å². The topological polar surface area (TPSA) is 68.2 Å². The molecule has 1 atom stereocenters. The third-order valence-electron chi connectivity index (χ3n) is 6.68. The molecule has 0 amide bonds. The molecule has 3 aromatic carbocycles. The van der Waals surface area contributed by atoms with Crippen molar-refractivity contribution in [3.8, 4) is 0 Å². The van der Waals surface area contributed by atoms with Crippen molar-refractivity contribution in [2.45, 2.75) is 56.5 Å². The van der Waals surface area contributed by atoms with E-state index in [1.807, 2.05) is 25.1 Å². The Bertz CT molecular complexity index is 1540. The smallest absolute Gasteiger partial charge is 0.294 e. The number of nitrogens with one attached hydrogen (secondary N) is 1. The zero-order valence-electron chi connectivity index (χ0n) is 19.5. The summed E-state index contributed by atoms with van der Waals surface area (Å²) in [6.45, 7) is 2.38. The fourth-order valence-corrected chi connectivity index (χ4v) is 7.21. The standard InChI is InChI=1S/C27H27ClN2O3S2/c1-2-24(21-10-9-19-5-3-4-6-20(19)15-21)29-35(32,33)23-13-14-25-26(16-23)34-27(31)30(25)17-18-7-11-22(28)12-8-18/h7-16,24,29H,2-6,17H2,1H3. The first-order chi connectivity index (χ1) is 16.8. The van der Waals surface area contributed by atoms with E-state index >= 15 is 0 Å². The maximum atomic E-state index is 13.3. The van der Waals surface area contributed by atoms with Crippen LogP contribution in [0.2, 0.25) is 5.02 Å². The lowest BCUT2D eigenvalue weighted by Crippen LogP contribution is -2.28. The third-order valence-corrected chi connectivity index (χ3v) is 9.35. The highest BCUT2D eigenvalue weighted by atomic mass is 35.5. The SMILES string of the molecule is CCC(NS(=O)(=O)c1ccc2c(c1)sc(=O)n2Cc1ccc(Cl)cc1)c1ccc2c(c1)CCCC2. The first-order valence-electron chi connectivity index (χ1n) is 11.9. The molecule has 1 aliphatic carbocycles. The maximum Gasteiger partial charge on any atom is 0.308 e. The minimum absolute atomic E-state index is 0.127. The molecular formula is C27H27ClN2O3S2. The van der Waals surface area contributed by atoms with Crippen molar-refractivity contribution >= 4 is 43.2 Å². The average molecular weight is 527 g/mol. The number of aromatic nitrogens is 1. The lowest BCUT2D eigenvalue weighted by Gasteiger charge is -2.21. The average Bonchev–Trinajstić information content (AvgIpc) is 3.17. The summed E-state index contributed by atoms with van der Waals surface area (Å²) in [5, 5.41) is 0.638. The number of nitrogens with zero attached hydrogens (tertiary/aromatic N) is 1. The van der Waals surface area contributed by atoms with Crippen LogP contribution in [0.25, 0.3) is 10.2 Å². The van der Waals surface area contributed by atoms with Gasteiger partial charge in [-0.2, -0.15) is 0 Å². The third kappa shape index (κ3) is 5.09. The predicted molar refractivity (Wildman–Crippen MR) is 143 cm³/mol. The van der Waals surface area contributed by atoms with E-state index in [-0.39, 0.29) is 15.8 Å². The Kier molecular flexibility index (Phi) is 6.86. The normalized spacial score (nSPS) is 14.7. The lowest BCUT2D eigenvalue weighted by atomic mass is 9.89. The summed E-state index contributed by atoms with van der Waals surface area (Å²) >= 11 is 7.02. The van der Waals surface area contributed by atoms with Gasteiger partial charge in [0, 0.05) is 11.1 Å². The van der Waals surface area contributed by atoms with Crippen molar-refractivity contribution < 1.29 is 8.42 Å². The highest BCUT2D eigenvalue weighted by molar-refractivity contribution is 7.89. The van der Waals surface area contributed by atoms with E-state index in [1.54, 1.807) is 34.9 Å². The first kappa shape index (κ1) is 24.3. The fraction of sp³-hybridized carbons (Fsp3) is 0.296. The van der Waals surface area contributed by atoms with E-state index in [2.05, 4.69) is 16.9 Å². The molecule has 0 fully saturated rings. The van der Waals surface area contributed by atoms with Gasteiger partial charge >= 0.3 is 4.87 Å². The summed E-state index contributed by atoms with van der Waals surface area (Å²) in [5.74, 6) is 0. The zero-order chi connectivity index (χ0) is 24.6. The lowest BCUT2D eigenvalue weighted by molar-refractivity contribution is 0.549. The van der Waals surface area contributed by atoms with Crippen LogP contribution in [0, 0.1) is 0 Å². The van der Waals surface area contributed by atoms with Crippen LogP contribution in [0.4, 0.5) is 0 Å². The van der Waals surface area contributed by atoms with E-state index < -0.39 is 10.0 Å². The van der Waals surface area contributed by atoms with Crippen LogP contribution in [0.5, 0.6) is 0 Å². The second kappa shape index (κ2) is 9.90. The molecule has 0 bridgehead atoms. The molecule has 5 nitrogen and oxygen atoms in total. The number of benzene rings is 3. The van der Waals surface area contributed by atoms with E-state index in [1.165, 1.54) is 24.0 Å². The summed E-state index contributed by atoms with van der Waals surface area (Å²) in [6.07, 6.45) is 5.18. The molecule has 0 spiro atoms. The molecule has 1 N–H and O–H groups in total. The predicted octanol–water partition coefficient (Wildman–Crippen LogP) is 6.07. The number of thiazole rings is 1. The zero-order valence-corrected chi connectivity index (χ0v) is 21.8. The number of hydrogen-bond acceptors (Lipinski definition) is 4. The highest BCUT2D eigenvalue weighted by Crippen LogP contribution is 2.28. The van der Waals surface area contributed by atoms with E-state index in [0.29, 0.717) is 22.7 Å². The fourth-order valence-electron chi connectivity index (χ4n) is 4.75. The summed E-state index contributed by atoms with van der Waals surface area (Å²) < 4.78 is 31.8. The van der Waals surface area contributed by atoms with Crippen molar-refractivity contribution in [1.29, 1.82) is 0 Å². The van der Waals surface area contributed by atoms with Crippen LogP contribution >= 0.6 is 22.9 Å². The van der Waals surface area contributed by atoms with Crippen molar-refractivity contribution in [2.75, 3.05) is 0 Å². The Hall–Kier alpha value is -2.45. The molecule has 182 valence electrons. The minimum Gasteiger partial charge on any atom is -0.294 e. The van der Waals surface area contributed by atoms with Gasteiger partial charge in [0.25, 0.3) is 0 Å². The van der Waals surface area contributed by atoms with Gasteiger partial charge in [-0.1, -0.05) is 60.2 Å². The van der Waals surface area contributed by atoms with Gasteiger partial charge in [0.1, 0.15) is 0 Å². The number of sulfonamides is 1. The van der Waals surface area contributed by atoms with Crippen molar-refractivity contribution in [3.05, 3.63) is 97.6 Å². The molecule has 0 saturated carbocycles. The molecule has 4 aromatic rings. The summed E-state index contributed by atoms with van der Waals surface area (Å²) in [7, 11) is -3.77. The second-order valence-electron chi connectivity index (χ2n) is 9.03. The Morgan fingerprint density at radius 1 is 1.00 bits per heavy atom. The Labute approximate surface area is 214 Å². The van der Waals surface area contributed by atoms with Crippen LogP contribution in [0.3, 0.4) is 0 Å². The summed E-state index contributed by atoms with van der Waals surface area (Å²) in [6, 6.07) is 18.3. The quantitative estimate of drug-likeness (QED) is 0.317. The van der Waals surface area contributed by atoms with Crippen LogP contribution in [-0.4, -0.2) is 13.0 Å². The molecule has 8 heteroatoms. The van der Waals surface area contributed by atoms with Gasteiger partial charge in [-0.3, -0.25) is 9.36 Å². The van der Waals surface area contributed by atoms with Crippen LogP contribution in [0.15, 0.2) is 70.4 Å². The Morgan fingerprint density at radius 3 is 2.49 bits per heavy atom. The van der Waals surface area contributed by atoms with Gasteiger partial charge in [0.2, 0.25) is 10.0 Å². The van der Waals surface area contributed by atoms with Gasteiger partial charge in [-0.15, -0.1) is 0 Å². The monoisotopic (exact) mass is 526 g/mol. The molecule has 1 aromatic heterocycles. The number of fused-ring (bicyclic) bond motifs is 2. The number of rotatable bonds is 7. The van der Waals surface area contributed by atoms with Crippen LogP contribution in [-0.2, 0) is 29.4 Å². The van der Waals surface area contributed by atoms with Gasteiger partial charge in [-0.05, 0) is 84.7 Å². The van der Waals surface area contributed by atoms with Crippen molar-refractivity contribution in [3.63, 3.8) is 0 Å². The largest absolute Gasteiger partial charge is 0.308 e. The second-order valence-corrected chi connectivity index (χ2v) is 12.2. The van der Waals surface area contributed by atoms with Gasteiger partial charge in [0.05, 0.1) is 21.7 Å². The number of aryl methyl sites for hydroxylation is 2. The first-order valence-corrected chi connectivity index (χ1v) is 14.5. The summed E-state index contributed by atoms with van der Waals surface area (Å²) in [5.41, 5.74) is 5.37. The van der Waals surface area contributed by atoms with Crippen molar-refractivity contribution in [2.24, 2.45) is 0 Å². The van der Waals surface area contributed by atoms with E-state index in [9.17, 15) is 13.2 Å². The van der Waals surface area contributed by atoms with Gasteiger partial charge < -0.3 is 0 Å². The van der Waals surface area contributed by atoms with Crippen molar-refractivity contribution in [1.82, 2.24) is 9.29 Å². The molecule has 1 heterocycles. The van der Waals surface area contributed by atoms with Crippen LogP contribution in [0.1, 0.15) is 54.5 Å². The Morgan fingerprint density at radius 2 is 1.74 bits per heavy atom. The number of hydrogen-bond donors (Lipinski definition) is 1. The van der Waals surface area contributed by atoms with E-state index in [0.717, 1.165) is 40.8 Å². The molecule has 0 radical (unpaired) electrons. The Balaban J connectivity index is 1.41. The molecule has 0 saturated heterocycles. The molecular weight excluding hydrogens is 500 g/mol. The van der Waals surface area contributed by atoms with Crippen LogP contribution < -0.4 is 9.60 Å². The molecule has 35 heavy (non-hydrogen) atoms.